The first kappa shape index (κ1) is 11.5. The van der Waals surface area contributed by atoms with Crippen molar-refractivity contribution in [2.75, 3.05) is 0 Å². The SMILES string of the molecule is O=Cc1c(C(F)F)ncc(Br)c1CCl. The Hall–Kier alpha value is -0.550. The Morgan fingerprint density at radius 2 is 2.29 bits per heavy atom. The van der Waals surface area contributed by atoms with Crippen LogP contribution in [0.5, 0.6) is 0 Å². The molecule has 1 aromatic rings. The molecule has 0 radical (unpaired) electrons. The number of hydrogen-bond donors (Lipinski definition) is 0. The summed E-state index contributed by atoms with van der Waals surface area (Å²) in [7, 11) is 0. The third kappa shape index (κ3) is 2.09. The highest BCUT2D eigenvalue weighted by Crippen LogP contribution is 2.27. The van der Waals surface area contributed by atoms with Crippen LogP contribution in [0.2, 0.25) is 0 Å². The van der Waals surface area contributed by atoms with E-state index in [1.807, 2.05) is 0 Å². The summed E-state index contributed by atoms with van der Waals surface area (Å²) in [6.07, 6.45) is -1.21. The van der Waals surface area contributed by atoms with Gasteiger partial charge < -0.3 is 0 Å². The van der Waals surface area contributed by atoms with Gasteiger partial charge in [-0.15, -0.1) is 11.6 Å². The summed E-state index contributed by atoms with van der Waals surface area (Å²) in [5.41, 5.74) is -0.324. The van der Waals surface area contributed by atoms with E-state index in [4.69, 9.17) is 11.6 Å². The summed E-state index contributed by atoms with van der Waals surface area (Å²) < 4.78 is 25.2. The van der Waals surface area contributed by atoms with E-state index in [1.165, 1.54) is 6.20 Å². The second-order valence-corrected chi connectivity index (χ2v) is 3.56. The molecule has 0 saturated heterocycles. The third-order valence-corrected chi connectivity index (χ3v) is 2.62. The van der Waals surface area contributed by atoms with Crippen molar-refractivity contribution in [2.45, 2.75) is 12.3 Å². The maximum atomic E-state index is 12.4. The average Bonchev–Trinajstić information content (AvgIpc) is 2.16. The number of carbonyl (C=O) groups is 1. The third-order valence-electron chi connectivity index (χ3n) is 1.66. The molecule has 0 amide bonds. The van der Waals surface area contributed by atoms with Crippen LogP contribution in [0.3, 0.4) is 0 Å². The van der Waals surface area contributed by atoms with Gasteiger partial charge in [0.2, 0.25) is 0 Å². The van der Waals surface area contributed by atoms with Gasteiger partial charge in [0.05, 0.1) is 0 Å². The molecule has 0 N–H and O–H groups in total. The van der Waals surface area contributed by atoms with Crippen molar-refractivity contribution in [1.82, 2.24) is 4.98 Å². The molecule has 0 fully saturated rings. The first-order valence-electron chi connectivity index (χ1n) is 3.58. The number of alkyl halides is 3. The first-order valence-corrected chi connectivity index (χ1v) is 4.91. The molecule has 0 atom stereocenters. The lowest BCUT2D eigenvalue weighted by Gasteiger charge is -2.08. The van der Waals surface area contributed by atoms with Gasteiger partial charge in [-0.1, -0.05) is 0 Å². The topological polar surface area (TPSA) is 30.0 Å². The molecule has 0 unspecified atom stereocenters. The Labute approximate surface area is 92.4 Å². The van der Waals surface area contributed by atoms with Crippen molar-refractivity contribution in [1.29, 1.82) is 0 Å². The fourth-order valence-corrected chi connectivity index (χ4v) is 1.90. The van der Waals surface area contributed by atoms with Gasteiger partial charge in [-0.25, -0.2) is 8.78 Å². The Bertz CT molecular complexity index is 359. The Morgan fingerprint density at radius 1 is 1.64 bits per heavy atom. The molecule has 6 heteroatoms. The first-order chi connectivity index (χ1) is 6.61. The Balaban J connectivity index is 3.40. The van der Waals surface area contributed by atoms with Crippen molar-refractivity contribution in [3.63, 3.8) is 0 Å². The molecule has 1 rings (SSSR count). The monoisotopic (exact) mass is 283 g/mol. The molecule has 0 bridgehead atoms. The second kappa shape index (κ2) is 4.79. The summed E-state index contributed by atoms with van der Waals surface area (Å²) in [5.74, 6) is -0.0170. The van der Waals surface area contributed by atoms with Crippen LogP contribution >= 0.6 is 27.5 Å². The molecule has 14 heavy (non-hydrogen) atoms. The van der Waals surface area contributed by atoms with Gasteiger partial charge in [0.1, 0.15) is 5.69 Å². The van der Waals surface area contributed by atoms with Crippen LogP contribution < -0.4 is 0 Å². The second-order valence-electron chi connectivity index (χ2n) is 2.44. The summed E-state index contributed by atoms with van der Waals surface area (Å²) in [5, 5.41) is 0. The molecule has 1 aromatic heterocycles. The van der Waals surface area contributed by atoms with Gasteiger partial charge in [0.25, 0.3) is 6.43 Å². The number of aldehydes is 1. The fourth-order valence-electron chi connectivity index (χ4n) is 0.998. The summed E-state index contributed by atoms with van der Waals surface area (Å²) in [6, 6.07) is 0. The van der Waals surface area contributed by atoms with Gasteiger partial charge in [0, 0.05) is 22.1 Å². The highest BCUT2D eigenvalue weighted by atomic mass is 79.9. The molecule has 76 valence electrons. The number of rotatable bonds is 3. The van der Waals surface area contributed by atoms with Crippen LogP contribution in [0, 0.1) is 0 Å². The molecule has 1 heterocycles. The zero-order valence-corrected chi connectivity index (χ0v) is 9.15. The highest BCUT2D eigenvalue weighted by molar-refractivity contribution is 9.10. The molecule has 2 nitrogen and oxygen atoms in total. The lowest BCUT2D eigenvalue weighted by molar-refractivity contribution is 0.110. The number of carbonyl (C=O) groups excluding carboxylic acids is 1. The van der Waals surface area contributed by atoms with Gasteiger partial charge >= 0.3 is 0 Å². The Kier molecular flexibility index (Phi) is 3.95. The van der Waals surface area contributed by atoms with Crippen molar-refractivity contribution in [3.05, 3.63) is 27.5 Å². The molecule has 0 aromatic carbocycles. The van der Waals surface area contributed by atoms with Crippen LogP contribution in [0.25, 0.3) is 0 Å². The minimum absolute atomic E-state index is 0.0170. The highest BCUT2D eigenvalue weighted by Gasteiger charge is 2.19. The zero-order valence-electron chi connectivity index (χ0n) is 6.81. The number of hydrogen-bond acceptors (Lipinski definition) is 2. The minimum atomic E-state index is -2.77. The van der Waals surface area contributed by atoms with Gasteiger partial charge in [-0.2, -0.15) is 0 Å². The van der Waals surface area contributed by atoms with Crippen LogP contribution in [0.1, 0.15) is 28.0 Å². The van der Waals surface area contributed by atoms with E-state index in [0.717, 1.165) is 0 Å². The largest absolute Gasteiger partial charge is 0.298 e. The van der Waals surface area contributed by atoms with Gasteiger partial charge in [0.15, 0.2) is 6.29 Å². The molecular weight excluding hydrogens is 279 g/mol. The molecule has 0 saturated carbocycles. The predicted molar refractivity (Wildman–Crippen MR) is 51.8 cm³/mol. The van der Waals surface area contributed by atoms with Crippen molar-refractivity contribution >= 4 is 33.8 Å². The summed E-state index contributed by atoms with van der Waals surface area (Å²) in [4.78, 5) is 14.1. The van der Waals surface area contributed by atoms with Crippen molar-refractivity contribution in [3.8, 4) is 0 Å². The zero-order chi connectivity index (χ0) is 10.7. The lowest BCUT2D eigenvalue weighted by atomic mass is 10.1. The maximum absolute atomic E-state index is 12.4. The van der Waals surface area contributed by atoms with Crippen molar-refractivity contribution in [2.24, 2.45) is 0 Å². The normalized spacial score (nSPS) is 10.6. The number of halogens is 4. The van der Waals surface area contributed by atoms with Crippen LogP contribution in [0.4, 0.5) is 8.78 Å². The molecule has 0 aliphatic heterocycles. The van der Waals surface area contributed by atoms with Crippen LogP contribution in [-0.2, 0) is 5.88 Å². The summed E-state index contributed by atoms with van der Waals surface area (Å²) >= 11 is 8.61. The van der Waals surface area contributed by atoms with E-state index in [0.29, 0.717) is 16.3 Å². The van der Waals surface area contributed by atoms with E-state index in [-0.39, 0.29) is 11.4 Å². The van der Waals surface area contributed by atoms with Gasteiger partial charge in [-0.3, -0.25) is 9.78 Å². The molecule has 0 aliphatic carbocycles. The summed E-state index contributed by atoms with van der Waals surface area (Å²) in [6.45, 7) is 0. The average molecular weight is 284 g/mol. The number of nitrogens with zero attached hydrogens (tertiary/aromatic N) is 1. The lowest BCUT2D eigenvalue weighted by Crippen LogP contribution is -2.02. The quantitative estimate of drug-likeness (QED) is 0.629. The number of aromatic nitrogens is 1. The fraction of sp³-hybridized carbons (Fsp3) is 0.250. The predicted octanol–water partition coefficient (Wildman–Crippen LogP) is 3.33. The van der Waals surface area contributed by atoms with E-state index in [1.54, 1.807) is 0 Å². The van der Waals surface area contributed by atoms with Gasteiger partial charge in [-0.05, 0) is 21.5 Å². The minimum Gasteiger partial charge on any atom is -0.298 e. The van der Waals surface area contributed by atoms with E-state index < -0.39 is 12.1 Å². The molecular formula is C8H5BrClF2NO. The molecule has 0 aliphatic rings. The van der Waals surface area contributed by atoms with E-state index in [9.17, 15) is 13.6 Å². The number of pyridine rings is 1. The smallest absolute Gasteiger partial charge is 0.281 e. The standard InChI is InChI=1S/C8H5BrClF2NO/c9-6-2-13-7(8(11)12)5(3-14)4(6)1-10/h2-3,8H,1H2. The molecule has 0 spiro atoms. The van der Waals surface area contributed by atoms with Crippen LogP contribution in [0.15, 0.2) is 10.7 Å². The Morgan fingerprint density at radius 3 is 2.71 bits per heavy atom. The van der Waals surface area contributed by atoms with E-state index in [2.05, 4.69) is 20.9 Å². The van der Waals surface area contributed by atoms with E-state index >= 15 is 0 Å². The van der Waals surface area contributed by atoms with Crippen LogP contribution in [-0.4, -0.2) is 11.3 Å². The maximum Gasteiger partial charge on any atom is 0.281 e. The van der Waals surface area contributed by atoms with Crippen molar-refractivity contribution < 1.29 is 13.6 Å².